The summed E-state index contributed by atoms with van der Waals surface area (Å²) in [6.45, 7) is 6.06. The molecule has 0 radical (unpaired) electrons. The molecular weight excluding hydrogens is 378 g/mol. The van der Waals surface area contributed by atoms with Crippen LogP contribution < -0.4 is 0 Å². The van der Waals surface area contributed by atoms with Crippen molar-refractivity contribution < 1.29 is 27.9 Å². The fourth-order valence-electron chi connectivity index (χ4n) is 2.73. The number of rotatable bonds is 7. The third-order valence-electron chi connectivity index (χ3n) is 3.88. The predicted octanol–water partition coefficient (Wildman–Crippen LogP) is 3.97. The van der Waals surface area contributed by atoms with Gasteiger partial charge in [-0.05, 0) is 57.2 Å². The monoisotopic (exact) mass is 396 g/mol. The Morgan fingerprint density at radius 2 is 1.93 bits per heavy atom. The van der Waals surface area contributed by atoms with Gasteiger partial charge in [-0.2, -0.15) is 8.78 Å². The summed E-state index contributed by atoms with van der Waals surface area (Å²) < 4.78 is 30.4. The Hall–Kier alpha value is -2.55. The van der Waals surface area contributed by atoms with Crippen molar-refractivity contribution in [3.8, 4) is 0 Å². The Labute approximate surface area is 158 Å². The maximum Gasteiger partial charge on any atom is 0.341 e. The lowest BCUT2D eigenvalue weighted by atomic mass is 10.0. The first-order valence-corrected chi connectivity index (χ1v) is 8.86. The zero-order chi connectivity index (χ0) is 20.3. The molecule has 2 rings (SSSR count). The first-order chi connectivity index (χ1) is 12.6. The fourth-order valence-corrected chi connectivity index (χ4v) is 3.30. The van der Waals surface area contributed by atoms with Crippen molar-refractivity contribution in [2.45, 2.75) is 44.6 Å². The fraction of sp³-hybridized carbons (Fsp3) is 0.333. The second-order valence-electron chi connectivity index (χ2n) is 5.83. The highest BCUT2D eigenvalue weighted by Crippen LogP contribution is 2.27. The van der Waals surface area contributed by atoms with Crippen LogP contribution >= 0.6 is 11.8 Å². The van der Waals surface area contributed by atoms with Crippen LogP contribution in [0.25, 0.3) is 0 Å². The standard InChI is InChI=1S/C18H18F2N2O4S/c1-8-13(10(3)23)9(2)22-14(8)15(24)11(4)26-17(25)12-6-5-7-21-16(12)27-18(19)20/h5-7,11,18,22H,1-4H3/t11-/m0/s1. The van der Waals surface area contributed by atoms with E-state index in [1.807, 2.05) is 0 Å². The van der Waals surface area contributed by atoms with Gasteiger partial charge in [-0.25, -0.2) is 9.78 Å². The number of pyridine rings is 1. The molecule has 0 aliphatic heterocycles. The van der Waals surface area contributed by atoms with Gasteiger partial charge in [0.05, 0.1) is 11.3 Å². The molecule has 0 fully saturated rings. The van der Waals surface area contributed by atoms with Crippen molar-refractivity contribution in [1.82, 2.24) is 9.97 Å². The van der Waals surface area contributed by atoms with Gasteiger partial charge < -0.3 is 9.72 Å². The second kappa shape index (κ2) is 8.43. The number of H-pyrrole nitrogens is 1. The van der Waals surface area contributed by atoms with Gasteiger partial charge in [0.25, 0.3) is 5.76 Å². The number of halogens is 2. The molecule has 0 saturated carbocycles. The molecule has 0 unspecified atom stereocenters. The molecule has 144 valence electrons. The number of Topliss-reactive ketones (excluding diaryl/α,β-unsaturated/α-hetero) is 2. The average Bonchev–Trinajstić information content (AvgIpc) is 2.88. The Balaban J connectivity index is 2.22. The highest BCUT2D eigenvalue weighted by Gasteiger charge is 2.27. The van der Waals surface area contributed by atoms with Crippen LogP contribution in [0.1, 0.15) is 56.3 Å². The Kier molecular flexibility index (Phi) is 6.48. The summed E-state index contributed by atoms with van der Waals surface area (Å²) >= 11 is 0.122. The molecule has 0 aromatic carbocycles. The third-order valence-corrected chi connectivity index (χ3v) is 4.61. The maximum atomic E-state index is 12.6. The van der Waals surface area contributed by atoms with Crippen LogP contribution in [0.3, 0.4) is 0 Å². The molecule has 6 nitrogen and oxygen atoms in total. The minimum Gasteiger partial charge on any atom is -0.451 e. The number of alkyl halides is 2. The van der Waals surface area contributed by atoms with Gasteiger partial charge >= 0.3 is 5.97 Å². The van der Waals surface area contributed by atoms with Crippen molar-refractivity contribution in [2.75, 3.05) is 0 Å². The number of nitrogens with one attached hydrogen (secondary N) is 1. The molecule has 0 saturated heterocycles. The van der Waals surface area contributed by atoms with Gasteiger partial charge in [0, 0.05) is 17.5 Å². The van der Waals surface area contributed by atoms with Gasteiger partial charge in [0.1, 0.15) is 5.03 Å². The van der Waals surface area contributed by atoms with Crippen molar-refractivity contribution in [3.05, 3.63) is 46.4 Å². The molecule has 9 heteroatoms. The molecule has 2 aromatic heterocycles. The summed E-state index contributed by atoms with van der Waals surface area (Å²) in [6.07, 6.45) is 0.100. The number of carbonyl (C=O) groups excluding carboxylic acids is 3. The SMILES string of the molecule is CC(=O)c1c(C)[nH]c(C(=O)[C@H](C)OC(=O)c2cccnc2SC(F)F)c1C. The van der Waals surface area contributed by atoms with Crippen LogP contribution in [0.15, 0.2) is 23.4 Å². The normalized spacial score (nSPS) is 12.1. The summed E-state index contributed by atoms with van der Waals surface area (Å²) in [5.41, 5.74) is 1.46. The number of ether oxygens (including phenoxy) is 1. The van der Waals surface area contributed by atoms with Crippen LogP contribution in [-0.4, -0.2) is 39.4 Å². The zero-order valence-electron chi connectivity index (χ0n) is 15.1. The van der Waals surface area contributed by atoms with E-state index >= 15 is 0 Å². The number of hydrogen-bond donors (Lipinski definition) is 1. The smallest absolute Gasteiger partial charge is 0.341 e. The number of aromatic amines is 1. The Bertz CT molecular complexity index is 895. The van der Waals surface area contributed by atoms with Crippen LogP contribution in [0, 0.1) is 13.8 Å². The van der Waals surface area contributed by atoms with E-state index in [9.17, 15) is 23.2 Å². The lowest BCUT2D eigenvalue weighted by Crippen LogP contribution is -2.25. The van der Waals surface area contributed by atoms with Gasteiger partial charge in [-0.15, -0.1) is 0 Å². The number of esters is 1. The third kappa shape index (κ3) is 4.60. The summed E-state index contributed by atoms with van der Waals surface area (Å²) in [5.74, 6) is -4.39. The van der Waals surface area contributed by atoms with E-state index in [-0.39, 0.29) is 33.8 Å². The number of carbonyl (C=O) groups is 3. The molecule has 1 N–H and O–H groups in total. The van der Waals surface area contributed by atoms with Crippen LogP contribution in [0.4, 0.5) is 8.78 Å². The summed E-state index contributed by atoms with van der Waals surface area (Å²) in [5, 5.41) is -0.178. The highest BCUT2D eigenvalue weighted by atomic mass is 32.2. The minimum absolute atomic E-state index is 0.122. The largest absolute Gasteiger partial charge is 0.451 e. The Morgan fingerprint density at radius 3 is 2.48 bits per heavy atom. The number of nitrogens with zero attached hydrogens (tertiary/aromatic N) is 1. The number of aromatic nitrogens is 2. The van der Waals surface area contributed by atoms with Gasteiger partial charge in [-0.3, -0.25) is 9.59 Å². The van der Waals surface area contributed by atoms with Gasteiger partial charge in [-0.1, -0.05) is 0 Å². The van der Waals surface area contributed by atoms with E-state index < -0.39 is 23.6 Å². The van der Waals surface area contributed by atoms with Crippen LogP contribution in [0.2, 0.25) is 0 Å². The van der Waals surface area contributed by atoms with E-state index in [0.717, 1.165) is 0 Å². The van der Waals surface area contributed by atoms with Gasteiger partial charge in [0.15, 0.2) is 11.9 Å². The average molecular weight is 396 g/mol. The Morgan fingerprint density at radius 1 is 1.26 bits per heavy atom. The maximum absolute atomic E-state index is 12.6. The van der Waals surface area contributed by atoms with E-state index in [2.05, 4.69) is 9.97 Å². The first-order valence-electron chi connectivity index (χ1n) is 7.98. The number of hydrogen-bond acceptors (Lipinski definition) is 6. The molecule has 27 heavy (non-hydrogen) atoms. The van der Waals surface area contributed by atoms with Crippen molar-refractivity contribution in [3.63, 3.8) is 0 Å². The number of thioether (sulfide) groups is 1. The summed E-state index contributed by atoms with van der Waals surface area (Å²) in [6, 6.07) is 2.71. The molecular formula is C18H18F2N2O4S. The van der Waals surface area contributed by atoms with Crippen LogP contribution in [0.5, 0.6) is 0 Å². The van der Waals surface area contributed by atoms with Gasteiger partial charge in [0.2, 0.25) is 5.78 Å². The second-order valence-corrected chi connectivity index (χ2v) is 6.81. The first kappa shape index (κ1) is 20.8. The topological polar surface area (TPSA) is 89.1 Å². The van der Waals surface area contributed by atoms with E-state index in [4.69, 9.17) is 4.74 Å². The molecule has 0 spiro atoms. The quantitative estimate of drug-likeness (QED) is 0.433. The molecule has 0 aliphatic carbocycles. The van der Waals surface area contributed by atoms with Crippen LogP contribution in [-0.2, 0) is 4.74 Å². The van der Waals surface area contributed by atoms with Crippen molar-refractivity contribution >= 4 is 29.3 Å². The molecule has 0 bridgehead atoms. The summed E-state index contributed by atoms with van der Waals surface area (Å²) in [4.78, 5) is 43.2. The lowest BCUT2D eigenvalue weighted by molar-refractivity contribution is 0.0312. The van der Waals surface area contributed by atoms with Crippen molar-refractivity contribution in [2.24, 2.45) is 0 Å². The van der Waals surface area contributed by atoms with E-state index in [0.29, 0.717) is 16.8 Å². The molecule has 1 atom stereocenters. The molecule has 0 aliphatic rings. The predicted molar refractivity (Wildman–Crippen MR) is 95.6 cm³/mol. The van der Waals surface area contributed by atoms with E-state index in [1.165, 1.54) is 32.2 Å². The highest BCUT2D eigenvalue weighted by molar-refractivity contribution is 7.99. The van der Waals surface area contributed by atoms with E-state index in [1.54, 1.807) is 13.8 Å². The number of aryl methyl sites for hydroxylation is 1. The summed E-state index contributed by atoms with van der Waals surface area (Å²) in [7, 11) is 0. The lowest BCUT2D eigenvalue weighted by Gasteiger charge is -2.13. The minimum atomic E-state index is -2.75. The number of ketones is 2. The molecule has 2 aromatic rings. The van der Waals surface area contributed by atoms with Crippen molar-refractivity contribution in [1.29, 1.82) is 0 Å². The molecule has 0 amide bonds. The molecule has 2 heterocycles. The zero-order valence-corrected chi connectivity index (χ0v) is 15.9.